The van der Waals surface area contributed by atoms with E-state index in [1.807, 2.05) is 31.2 Å². The minimum atomic E-state index is -1.08. The fourth-order valence-corrected chi connectivity index (χ4v) is 1.98. The molecule has 1 aromatic heterocycles. The lowest BCUT2D eigenvalue weighted by atomic mass is 10.1. The Morgan fingerprint density at radius 2 is 2.00 bits per heavy atom. The maximum absolute atomic E-state index is 11.8. The summed E-state index contributed by atoms with van der Waals surface area (Å²) in [5, 5.41) is 19.3. The van der Waals surface area contributed by atoms with Crippen LogP contribution in [0.4, 0.5) is 0 Å². The van der Waals surface area contributed by atoms with Gasteiger partial charge in [0.1, 0.15) is 0 Å². The van der Waals surface area contributed by atoms with Gasteiger partial charge in [-0.15, -0.1) is 10.2 Å². The van der Waals surface area contributed by atoms with Gasteiger partial charge in [-0.2, -0.15) is 0 Å². The molecule has 1 atom stereocenters. The van der Waals surface area contributed by atoms with Crippen LogP contribution in [0.15, 0.2) is 28.7 Å². The van der Waals surface area contributed by atoms with E-state index < -0.39 is 24.5 Å². The Bertz CT molecular complexity index is 696. The van der Waals surface area contributed by atoms with E-state index in [0.717, 1.165) is 11.1 Å². The van der Waals surface area contributed by atoms with Crippen molar-refractivity contribution < 1.29 is 23.8 Å². The van der Waals surface area contributed by atoms with Crippen LogP contribution in [0, 0.1) is 6.92 Å². The van der Waals surface area contributed by atoms with Crippen LogP contribution in [-0.4, -0.2) is 46.9 Å². The van der Waals surface area contributed by atoms with E-state index in [4.69, 9.17) is 9.52 Å². The third-order valence-corrected chi connectivity index (χ3v) is 3.33. The highest BCUT2D eigenvalue weighted by atomic mass is 16.5. The number of aryl methyl sites for hydroxylation is 2. The van der Waals surface area contributed by atoms with Gasteiger partial charge in [-0.1, -0.05) is 17.7 Å². The van der Waals surface area contributed by atoms with E-state index in [1.165, 1.54) is 7.11 Å². The topological polar surface area (TPSA) is 115 Å². The first-order chi connectivity index (χ1) is 11.5. The molecule has 128 valence electrons. The predicted octanol–water partition coefficient (Wildman–Crippen LogP) is 0.628. The molecular formula is C16H19N3O5. The predicted molar refractivity (Wildman–Crippen MR) is 83.8 cm³/mol. The Hall–Kier alpha value is -2.74. The number of carbonyl (C=O) groups excluding carboxylic acids is 2. The molecule has 2 aromatic rings. The summed E-state index contributed by atoms with van der Waals surface area (Å²) in [5.41, 5.74) is 1.93. The number of hydrogen-bond acceptors (Lipinski definition) is 7. The zero-order valence-electron chi connectivity index (χ0n) is 13.5. The molecule has 24 heavy (non-hydrogen) atoms. The number of nitrogens with zero attached hydrogens (tertiary/aromatic N) is 2. The summed E-state index contributed by atoms with van der Waals surface area (Å²) in [6.07, 6.45) is 0.271. The van der Waals surface area contributed by atoms with Crippen molar-refractivity contribution >= 4 is 11.9 Å². The third kappa shape index (κ3) is 4.63. The van der Waals surface area contributed by atoms with Crippen LogP contribution in [-0.2, 0) is 20.7 Å². The van der Waals surface area contributed by atoms with E-state index in [0.29, 0.717) is 11.8 Å². The Morgan fingerprint density at radius 3 is 2.62 bits per heavy atom. The number of carbonyl (C=O) groups is 2. The number of nitrogens with one attached hydrogen (secondary N) is 1. The standard InChI is InChI=1S/C16H19N3O5/c1-10-3-5-11(6-4-10)15-19-18-14(24-15)8-7-13(21)17-12(9-20)16(22)23-2/h3-6,12,20H,7-9H2,1-2H3,(H,17,21)/t12-/m0/s1. The third-order valence-electron chi connectivity index (χ3n) is 3.33. The maximum Gasteiger partial charge on any atom is 0.330 e. The summed E-state index contributed by atoms with van der Waals surface area (Å²) < 4.78 is 9.99. The zero-order valence-corrected chi connectivity index (χ0v) is 13.5. The first kappa shape index (κ1) is 17.6. The molecule has 8 heteroatoms. The molecule has 0 bridgehead atoms. The van der Waals surface area contributed by atoms with Crippen molar-refractivity contribution in [1.82, 2.24) is 15.5 Å². The monoisotopic (exact) mass is 333 g/mol. The fourth-order valence-electron chi connectivity index (χ4n) is 1.98. The lowest BCUT2D eigenvalue weighted by molar-refractivity contribution is -0.146. The lowest BCUT2D eigenvalue weighted by Gasteiger charge is -2.13. The Kier molecular flexibility index (Phi) is 6.02. The van der Waals surface area contributed by atoms with Crippen molar-refractivity contribution in [3.8, 4) is 11.5 Å². The van der Waals surface area contributed by atoms with E-state index in [9.17, 15) is 9.59 Å². The van der Waals surface area contributed by atoms with Gasteiger partial charge in [-0.25, -0.2) is 4.79 Å². The summed E-state index contributed by atoms with van der Waals surface area (Å²) in [5.74, 6) is -0.424. The molecule has 0 aliphatic heterocycles. The molecule has 0 spiro atoms. The van der Waals surface area contributed by atoms with Gasteiger partial charge in [0.05, 0.1) is 13.7 Å². The van der Waals surface area contributed by atoms with Crippen LogP contribution in [0.5, 0.6) is 0 Å². The first-order valence-electron chi connectivity index (χ1n) is 7.41. The van der Waals surface area contributed by atoms with Crippen molar-refractivity contribution in [1.29, 1.82) is 0 Å². The van der Waals surface area contributed by atoms with E-state index in [1.54, 1.807) is 0 Å². The molecule has 0 saturated heterocycles. The quantitative estimate of drug-likeness (QED) is 0.714. The second-order valence-electron chi connectivity index (χ2n) is 5.19. The van der Waals surface area contributed by atoms with Gasteiger partial charge in [0, 0.05) is 18.4 Å². The van der Waals surface area contributed by atoms with Crippen molar-refractivity contribution in [2.45, 2.75) is 25.8 Å². The highest BCUT2D eigenvalue weighted by Gasteiger charge is 2.20. The number of aromatic nitrogens is 2. The molecule has 1 aromatic carbocycles. The highest BCUT2D eigenvalue weighted by Crippen LogP contribution is 2.18. The fraction of sp³-hybridized carbons (Fsp3) is 0.375. The minimum absolute atomic E-state index is 0.0447. The first-order valence-corrected chi connectivity index (χ1v) is 7.41. The van der Waals surface area contributed by atoms with Crippen LogP contribution in [0.25, 0.3) is 11.5 Å². The number of methoxy groups -OCH3 is 1. The zero-order chi connectivity index (χ0) is 17.5. The largest absolute Gasteiger partial charge is 0.467 e. The average molecular weight is 333 g/mol. The van der Waals surface area contributed by atoms with Gasteiger partial charge in [-0.05, 0) is 19.1 Å². The van der Waals surface area contributed by atoms with Crippen molar-refractivity contribution in [2.24, 2.45) is 0 Å². The number of aliphatic hydroxyl groups excluding tert-OH is 1. The molecule has 0 fully saturated rings. The van der Waals surface area contributed by atoms with Crippen LogP contribution >= 0.6 is 0 Å². The second kappa shape index (κ2) is 8.21. The summed E-state index contributed by atoms with van der Waals surface area (Å²) in [6.45, 7) is 1.45. The van der Waals surface area contributed by atoms with Gasteiger partial charge in [-0.3, -0.25) is 4.79 Å². The highest BCUT2D eigenvalue weighted by molar-refractivity contribution is 5.84. The van der Waals surface area contributed by atoms with Crippen molar-refractivity contribution in [3.63, 3.8) is 0 Å². The smallest absolute Gasteiger partial charge is 0.330 e. The number of hydrogen-bond donors (Lipinski definition) is 2. The van der Waals surface area contributed by atoms with Gasteiger partial charge < -0.3 is 19.6 Å². The van der Waals surface area contributed by atoms with Crippen LogP contribution < -0.4 is 5.32 Å². The molecule has 0 aliphatic rings. The molecular weight excluding hydrogens is 314 g/mol. The Morgan fingerprint density at radius 1 is 1.29 bits per heavy atom. The molecule has 0 saturated carbocycles. The molecule has 2 rings (SSSR count). The summed E-state index contributed by atoms with van der Waals surface area (Å²) in [4.78, 5) is 23.1. The van der Waals surface area contributed by atoms with Crippen LogP contribution in [0.3, 0.4) is 0 Å². The van der Waals surface area contributed by atoms with Crippen molar-refractivity contribution in [3.05, 3.63) is 35.7 Å². The SMILES string of the molecule is COC(=O)[C@H](CO)NC(=O)CCc1nnc(-c2ccc(C)cc2)o1. The number of ether oxygens (including phenoxy) is 1. The molecule has 0 unspecified atom stereocenters. The van der Waals surface area contributed by atoms with E-state index in [2.05, 4.69) is 20.3 Å². The molecule has 0 aliphatic carbocycles. The number of benzene rings is 1. The Balaban J connectivity index is 1.89. The van der Waals surface area contributed by atoms with Crippen LogP contribution in [0.1, 0.15) is 17.9 Å². The normalized spacial score (nSPS) is 11.8. The molecule has 8 nitrogen and oxygen atoms in total. The van der Waals surface area contributed by atoms with E-state index >= 15 is 0 Å². The molecule has 0 radical (unpaired) electrons. The minimum Gasteiger partial charge on any atom is -0.467 e. The van der Waals surface area contributed by atoms with Crippen LogP contribution in [0.2, 0.25) is 0 Å². The molecule has 1 heterocycles. The average Bonchev–Trinajstić information content (AvgIpc) is 3.06. The summed E-state index contributed by atoms with van der Waals surface area (Å²) in [6, 6.07) is 6.56. The summed E-state index contributed by atoms with van der Waals surface area (Å²) in [7, 11) is 1.18. The molecule has 2 N–H and O–H groups in total. The second-order valence-corrected chi connectivity index (χ2v) is 5.19. The van der Waals surface area contributed by atoms with Gasteiger partial charge in [0.2, 0.25) is 17.7 Å². The van der Waals surface area contributed by atoms with Gasteiger partial charge in [0.15, 0.2) is 6.04 Å². The number of rotatable bonds is 7. The lowest BCUT2D eigenvalue weighted by Crippen LogP contribution is -2.44. The molecule has 1 amide bonds. The Labute approximate surface area is 138 Å². The number of amides is 1. The van der Waals surface area contributed by atoms with E-state index in [-0.39, 0.29) is 12.8 Å². The summed E-state index contributed by atoms with van der Waals surface area (Å²) >= 11 is 0. The van der Waals surface area contributed by atoms with Gasteiger partial charge >= 0.3 is 5.97 Å². The van der Waals surface area contributed by atoms with Gasteiger partial charge in [0.25, 0.3) is 0 Å². The van der Waals surface area contributed by atoms with Crippen molar-refractivity contribution in [2.75, 3.05) is 13.7 Å². The number of esters is 1. The number of aliphatic hydroxyl groups is 1. The maximum atomic E-state index is 11.8.